The molecule has 25 heavy (non-hydrogen) atoms. The van der Waals surface area contributed by atoms with Crippen LogP contribution in [0.2, 0.25) is 0 Å². The summed E-state index contributed by atoms with van der Waals surface area (Å²) < 4.78 is 10.3. The van der Waals surface area contributed by atoms with Crippen molar-refractivity contribution in [2.75, 3.05) is 6.54 Å². The van der Waals surface area contributed by atoms with Crippen LogP contribution in [0.15, 0.2) is 39.5 Å². The monoisotopic (exact) mass is 405 g/mol. The molecule has 3 rings (SSSR count). The van der Waals surface area contributed by atoms with Crippen LogP contribution in [0.3, 0.4) is 0 Å². The van der Waals surface area contributed by atoms with Gasteiger partial charge in [0, 0.05) is 25.5 Å². The van der Waals surface area contributed by atoms with Crippen LogP contribution in [0.4, 0.5) is 0 Å². The van der Waals surface area contributed by atoms with Crippen molar-refractivity contribution in [2.24, 2.45) is 0 Å². The predicted molar refractivity (Wildman–Crippen MR) is 96.4 cm³/mol. The number of hydrogen-bond donors (Lipinski definition) is 1. The maximum Gasteiger partial charge on any atom is 0.286 e. The number of carbonyl (C=O) groups excluding carboxylic acids is 1. The second kappa shape index (κ2) is 7.69. The third-order valence-corrected chi connectivity index (χ3v) is 5.04. The second-order valence-corrected chi connectivity index (χ2v) is 6.58. The number of aromatic nitrogens is 4. The average Bonchev–Trinajstić information content (AvgIpc) is 3.32. The summed E-state index contributed by atoms with van der Waals surface area (Å²) >= 11 is 3.51. The lowest BCUT2D eigenvalue weighted by Gasteiger charge is -2.04. The smallest absolute Gasteiger partial charge is 0.286 e. The van der Waals surface area contributed by atoms with Gasteiger partial charge in [0.15, 0.2) is 5.76 Å². The molecule has 0 saturated carbocycles. The standard InChI is InChI=1S/C17H20BrN5O2/c1-12-16(18)13(2)23(21-12)11-14-5-6-15(25-14)17(24)19-7-3-9-22-10-4-8-20-22/h4-6,8,10H,3,7,9,11H2,1-2H3,(H,19,24). The summed E-state index contributed by atoms with van der Waals surface area (Å²) in [6.07, 6.45) is 4.45. The van der Waals surface area contributed by atoms with E-state index in [-0.39, 0.29) is 5.91 Å². The van der Waals surface area contributed by atoms with Crippen LogP contribution in [0.5, 0.6) is 0 Å². The fourth-order valence-corrected chi connectivity index (χ4v) is 2.81. The van der Waals surface area contributed by atoms with Crippen molar-refractivity contribution in [3.8, 4) is 0 Å². The maximum atomic E-state index is 12.1. The molecule has 0 spiro atoms. The number of halogens is 1. The van der Waals surface area contributed by atoms with Crippen LogP contribution in [0, 0.1) is 13.8 Å². The van der Waals surface area contributed by atoms with E-state index in [2.05, 4.69) is 31.4 Å². The number of carbonyl (C=O) groups is 1. The van der Waals surface area contributed by atoms with Crippen molar-refractivity contribution in [1.82, 2.24) is 24.9 Å². The summed E-state index contributed by atoms with van der Waals surface area (Å²) in [5.74, 6) is 0.802. The molecular weight excluding hydrogens is 386 g/mol. The summed E-state index contributed by atoms with van der Waals surface area (Å²) in [4.78, 5) is 12.1. The quantitative estimate of drug-likeness (QED) is 0.612. The first-order chi connectivity index (χ1) is 12.0. The van der Waals surface area contributed by atoms with Gasteiger partial charge in [-0.25, -0.2) is 0 Å². The lowest BCUT2D eigenvalue weighted by Crippen LogP contribution is -2.24. The van der Waals surface area contributed by atoms with Crippen LogP contribution in [0.1, 0.15) is 34.1 Å². The lowest BCUT2D eigenvalue weighted by molar-refractivity contribution is 0.0923. The highest BCUT2D eigenvalue weighted by Crippen LogP contribution is 2.21. The van der Waals surface area contributed by atoms with Gasteiger partial charge in [0.25, 0.3) is 5.91 Å². The van der Waals surface area contributed by atoms with Gasteiger partial charge < -0.3 is 9.73 Å². The Kier molecular flexibility index (Phi) is 5.37. The Hall–Kier alpha value is -2.35. The largest absolute Gasteiger partial charge is 0.454 e. The zero-order chi connectivity index (χ0) is 17.8. The van der Waals surface area contributed by atoms with Crippen LogP contribution >= 0.6 is 15.9 Å². The maximum absolute atomic E-state index is 12.1. The molecule has 0 saturated heterocycles. The van der Waals surface area contributed by atoms with E-state index < -0.39 is 0 Å². The minimum absolute atomic E-state index is 0.207. The number of rotatable bonds is 7. The molecule has 0 aliphatic carbocycles. The Morgan fingerprint density at radius 3 is 2.88 bits per heavy atom. The first-order valence-electron chi connectivity index (χ1n) is 8.08. The number of hydrogen-bond acceptors (Lipinski definition) is 4. The topological polar surface area (TPSA) is 77.9 Å². The van der Waals surface area contributed by atoms with Gasteiger partial charge in [-0.2, -0.15) is 10.2 Å². The van der Waals surface area contributed by atoms with Crippen LogP contribution < -0.4 is 5.32 Å². The Labute approximate surface area is 154 Å². The number of amides is 1. The van der Waals surface area contributed by atoms with Crippen LogP contribution in [0.25, 0.3) is 0 Å². The van der Waals surface area contributed by atoms with E-state index in [0.29, 0.717) is 24.6 Å². The molecule has 3 aromatic heterocycles. The van der Waals surface area contributed by atoms with E-state index in [0.717, 1.165) is 28.8 Å². The van der Waals surface area contributed by atoms with E-state index in [9.17, 15) is 4.79 Å². The van der Waals surface area contributed by atoms with Gasteiger partial charge in [0.05, 0.1) is 22.4 Å². The molecule has 8 heteroatoms. The van der Waals surface area contributed by atoms with Crippen molar-refractivity contribution >= 4 is 21.8 Å². The Bertz CT molecular complexity index is 851. The lowest BCUT2D eigenvalue weighted by atomic mass is 10.3. The summed E-state index contributed by atoms with van der Waals surface area (Å²) in [5, 5.41) is 11.4. The molecule has 0 radical (unpaired) electrons. The highest BCUT2D eigenvalue weighted by Gasteiger charge is 2.13. The fourth-order valence-electron chi connectivity index (χ4n) is 2.52. The molecule has 0 aliphatic rings. The van der Waals surface area contributed by atoms with E-state index in [4.69, 9.17) is 4.42 Å². The van der Waals surface area contributed by atoms with Gasteiger partial charge in [0.2, 0.25) is 0 Å². The molecule has 1 N–H and O–H groups in total. The molecule has 3 heterocycles. The van der Waals surface area contributed by atoms with Gasteiger partial charge in [-0.3, -0.25) is 14.2 Å². The zero-order valence-corrected chi connectivity index (χ0v) is 15.8. The third-order valence-electron chi connectivity index (χ3n) is 3.89. The molecule has 3 aromatic rings. The fraction of sp³-hybridized carbons (Fsp3) is 0.353. The van der Waals surface area contributed by atoms with Gasteiger partial charge in [-0.1, -0.05) is 0 Å². The normalized spacial score (nSPS) is 11.0. The van der Waals surface area contributed by atoms with Gasteiger partial charge in [-0.05, 0) is 54.4 Å². The molecule has 1 amide bonds. The first kappa shape index (κ1) is 17.5. The molecule has 0 atom stereocenters. The highest BCUT2D eigenvalue weighted by molar-refractivity contribution is 9.10. The second-order valence-electron chi connectivity index (χ2n) is 5.79. The number of nitrogens with one attached hydrogen (secondary N) is 1. The van der Waals surface area contributed by atoms with Gasteiger partial charge >= 0.3 is 0 Å². The average molecular weight is 406 g/mol. The van der Waals surface area contributed by atoms with E-state index in [1.807, 2.05) is 41.5 Å². The molecule has 132 valence electrons. The third kappa shape index (κ3) is 4.19. The first-order valence-corrected chi connectivity index (χ1v) is 8.87. The Morgan fingerprint density at radius 2 is 2.20 bits per heavy atom. The molecule has 0 aromatic carbocycles. The Balaban J connectivity index is 1.51. The molecule has 0 aliphatic heterocycles. The molecule has 0 fully saturated rings. The minimum Gasteiger partial charge on any atom is -0.454 e. The number of furan rings is 1. The number of nitrogens with zero attached hydrogens (tertiary/aromatic N) is 4. The van der Waals surface area contributed by atoms with Crippen molar-refractivity contribution in [3.05, 3.63) is 58.0 Å². The van der Waals surface area contributed by atoms with E-state index in [1.54, 1.807) is 12.3 Å². The van der Waals surface area contributed by atoms with Crippen LogP contribution in [-0.4, -0.2) is 32.0 Å². The van der Waals surface area contributed by atoms with Crippen molar-refractivity contribution < 1.29 is 9.21 Å². The van der Waals surface area contributed by atoms with Crippen molar-refractivity contribution in [1.29, 1.82) is 0 Å². The molecule has 7 nitrogen and oxygen atoms in total. The van der Waals surface area contributed by atoms with E-state index in [1.165, 1.54) is 0 Å². The molecular formula is C17H20BrN5O2. The Morgan fingerprint density at radius 1 is 1.36 bits per heavy atom. The van der Waals surface area contributed by atoms with Crippen molar-refractivity contribution in [3.63, 3.8) is 0 Å². The summed E-state index contributed by atoms with van der Waals surface area (Å²) in [7, 11) is 0. The number of aryl methyl sites for hydroxylation is 2. The van der Waals surface area contributed by atoms with Gasteiger partial charge in [-0.15, -0.1) is 0 Å². The predicted octanol–water partition coefficient (Wildman–Crippen LogP) is 2.92. The summed E-state index contributed by atoms with van der Waals surface area (Å²) in [6, 6.07) is 5.38. The molecule has 0 bridgehead atoms. The minimum atomic E-state index is -0.207. The van der Waals surface area contributed by atoms with Crippen molar-refractivity contribution in [2.45, 2.75) is 33.4 Å². The summed E-state index contributed by atoms with van der Waals surface area (Å²) in [5.41, 5.74) is 1.96. The SMILES string of the molecule is Cc1nn(Cc2ccc(C(=O)NCCCn3cccn3)o2)c(C)c1Br. The zero-order valence-electron chi connectivity index (χ0n) is 14.2. The summed E-state index contributed by atoms with van der Waals surface area (Å²) in [6.45, 7) is 5.76. The molecule has 0 unspecified atom stereocenters. The van der Waals surface area contributed by atoms with E-state index >= 15 is 0 Å². The van der Waals surface area contributed by atoms with Gasteiger partial charge in [0.1, 0.15) is 5.76 Å². The highest BCUT2D eigenvalue weighted by atomic mass is 79.9. The van der Waals surface area contributed by atoms with Crippen LogP contribution in [-0.2, 0) is 13.1 Å².